The molecule has 2 N–H and O–H groups in total. The lowest BCUT2D eigenvalue weighted by Gasteiger charge is -2.31. The molecule has 17 heavy (non-hydrogen) atoms. The third kappa shape index (κ3) is 2.13. The standard InChI is InChI=1S/C11H13N3OS2/c12-11(1-3-15-4-2-11)9-6-16-10(14-9)8-5-13-7-17-8/h5-7H,1-4,12H2. The smallest absolute Gasteiger partial charge is 0.135 e. The SMILES string of the molecule is NC1(c2csc(-c3cncs3)n2)CCOCC1. The molecule has 0 aromatic carbocycles. The molecule has 0 aliphatic carbocycles. The molecular weight excluding hydrogens is 254 g/mol. The van der Waals surface area contributed by atoms with Crippen molar-refractivity contribution in [3.05, 3.63) is 22.8 Å². The molecule has 90 valence electrons. The van der Waals surface area contributed by atoms with Crippen molar-refractivity contribution in [1.29, 1.82) is 0 Å². The first kappa shape index (κ1) is 11.3. The van der Waals surface area contributed by atoms with Crippen molar-refractivity contribution >= 4 is 22.7 Å². The molecule has 1 aliphatic heterocycles. The fourth-order valence-electron chi connectivity index (χ4n) is 1.93. The Balaban J connectivity index is 1.89. The predicted molar refractivity (Wildman–Crippen MR) is 69.1 cm³/mol. The van der Waals surface area contributed by atoms with Crippen LogP contribution in [0.3, 0.4) is 0 Å². The number of hydrogen-bond acceptors (Lipinski definition) is 6. The average molecular weight is 267 g/mol. The molecule has 2 aromatic heterocycles. The lowest BCUT2D eigenvalue weighted by Crippen LogP contribution is -2.42. The van der Waals surface area contributed by atoms with Crippen molar-refractivity contribution in [2.75, 3.05) is 13.2 Å². The van der Waals surface area contributed by atoms with Crippen LogP contribution in [0.4, 0.5) is 0 Å². The molecule has 1 fully saturated rings. The zero-order chi connectivity index (χ0) is 11.7. The van der Waals surface area contributed by atoms with Gasteiger partial charge in [0.1, 0.15) is 5.01 Å². The molecule has 0 amide bonds. The van der Waals surface area contributed by atoms with Crippen molar-refractivity contribution in [3.63, 3.8) is 0 Å². The number of ether oxygens (including phenoxy) is 1. The second-order valence-electron chi connectivity index (χ2n) is 4.17. The summed E-state index contributed by atoms with van der Waals surface area (Å²) in [5.74, 6) is 0. The van der Waals surface area contributed by atoms with Crippen LogP contribution in [0.25, 0.3) is 9.88 Å². The van der Waals surface area contributed by atoms with Gasteiger partial charge >= 0.3 is 0 Å². The maximum absolute atomic E-state index is 6.40. The van der Waals surface area contributed by atoms with Gasteiger partial charge in [-0.2, -0.15) is 0 Å². The Morgan fingerprint density at radius 3 is 2.82 bits per heavy atom. The number of nitrogens with zero attached hydrogens (tertiary/aromatic N) is 2. The van der Waals surface area contributed by atoms with Crippen molar-refractivity contribution in [2.24, 2.45) is 5.73 Å². The van der Waals surface area contributed by atoms with Gasteiger partial charge in [0.25, 0.3) is 0 Å². The molecule has 1 saturated heterocycles. The Kier molecular flexibility index (Phi) is 2.96. The number of rotatable bonds is 2. The molecule has 1 aliphatic rings. The maximum atomic E-state index is 6.40. The molecule has 0 atom stereocenters. The van der Waals surface area contributed by atoms with Crippen LogP contribution in [-0.4, -0.2) is 23.2 Å². The second kappa shape index (κ2) is 4.45. The molecule has 2 aromatic rings. The van der Waals surface area contributed by atoms with Crippen LogP contribution in [0.5, 0.6) is 0 Å². The van der Waals surface area contributed by atoms with Gasteiger partial charge in [-0.25, -0.2) is 4.98 Å². The van der Waals surface area contributed by atoms with E-state index in [0.29, 0.717) is 0 Å². The van der Waals surface area contributed by atoms with E-state index in [-0.39, 0.29) is 5.54 Å². The Morgan fingerprint density at radius 2 is 2.12 bits per heavy atom. The molecule has 4 nitrogen and oxygen atoms in total. The van der Waals surface area contributed by atoms with E-state index >= 15 is 0 Å². The van der Waals surface area contributed by atoms with Crippen LogP contribution in [0.1, 0.15) is 18.5 Å². The largest absolute Gasteiger partial charge is 0.381 e. The highest BCUT2D eigenvalue weighted by atomic mass is 32.1. The van der Waals surface area contributed by atoms with Crippen LogP contribution in [0.15, 0.2) is 17.1 Å². The summed E-state index contributed by atoms with van der Waals surface area (Å²) >= 11 is 3.24. The second-order valence-corrected chi connectivity index (χ2v) is 5.92. The van der Waals surface area contributed by atoms with Crippen LogP contribution < -0.4 is 5.73 Å². The topological polar surface area (TPSA) is 61.0 Å². The number of thiazole rings is 2. The highest BCUT2D eigenvalue weighted by Crippen LogP contribution is 2.34. The minimum atomic E-state index is -0.308. The van der Waals surface area contributed by atoms with E-state index in [4.69, 9.17) is 10.5 Å². The van der Waals surface area contributed by atoms with Gasteiger partial charge in [-0.05, 0) is 12.8 Å². The monoisotopic (exact) mass is 267 g/mol. The van der Waals surface area contributed by atoms with Gasteiger partial charge in [0.2, 0.25) is 0 Å². The molecule has 0 radical (unpaired) electrons. The Labute approximate surface area is 107 Å². The maximum Gasteiger partial charge on any atom is 0.135 e. The van der Waals surface area contributed by atoms with Crippen molar-refractivity contribution in [3.8, 4) is 9.88 Å². The predicted octanol–water partition coefficient (Wildman–Crippen LogP) is 2.23. The summed E-state index contributed by atoms with van der Waals surface area (Å²) in [5, 5.41) is 3.08. The molecule has 0 unspecified atom stereocenters. The van der Waals surface area contributed by atoms with E-state index in [2.05, 4.69) is 15.3 Å². The molecule has 0 spiro atoms. The fourth-order valence-corrected chi connectivity index (χ4v) is 3.55. The molecule has 3 heterocycles. The van der Waals surface area contributed by atoms with Gasteiger partial charge < -0.3 is 10.5 Å². The lowest BCUT2D eigenvalue weighted by molar-refractivity contribution is 0.0510. The minimum Gasteiger partial charge on any atom is -0.381 e. The Hall–Kier alpha value is -0.820. The van der Waals surface area contributed by atoms with Crippen LogP contribution >= 0.6 is 22.7 Å². The van der Waals surface area contributed by atoms with E-state index in [1.807, 2.05) is 11.7 Å². The summed E-state index contributed by atoms with van der Waals surface area (Å²) in [6.07, 6.45) is 3.54. The lowest BCUT2D eigenvalue weighted by atomic mass is 9.88. The zero-order valence-electron chi connectivity index (χ0n) is 9.26. The van der Waals surface area contributed by atoms with E-state index < -0.39 is 0 Å². The van der Waals surface area contributed by atoms with Gasteiger partial charge in [-0.3, -0.25) is 4.98 Å². The fraction of sp³-hybridized carbons (Fsp3) is 0.455. The van der Waals surface area contributed by atoms with Gasteiger partial charge in [-0.1, -0.05) is 0 Å². The van der Waals surface area contributed by atoms with E-state index in [9.17, 15) is 0 Å². The van der Waals surface area contributed by atoms with Crippen molar-refractivity contribution < 1.29 is 4.74 Å². The van der Waals surface area contributed by atoms with E-state index in [1.165, 1.54) is 0 Å². The normalized spacial score (nSPS) is 19.4. The average Bonchev–Trinajstić information content (AvgIpc) is 3.01. The number of nitrogens with two attached hydrogens (primary N) is 1. The van der Waals surface area contributed by atoms with Gasteiger partial charge in [0.15, 0.2) is 0 Å². The summed E-state index contributed by atoms with van der Waals surface area (Å²) in [7, 11) is 0. The van der Waals surface area contributed by atoms with Crippen LogP contribution in [-0.2, 0) is 10.3 Å². The van der Waals surface area contributed by atoms with Crippen LogP contribution in [0.2, 0.25) is 0 Å². The number of hydrogen-bond donors (Lipinski definition) is 1. The molecule has 6 heteroatoms. The third-order valence-electron chi connectivity index (χ3n) is 3.04. The quantitative estimate of drug-likeness (QED) is 0.906. The van der Waals surface area contributed by atoms with Crippen molar-refractivity contribution in [1.82, 2.24) is 9.97 Å². The zero-order valence-corrected chi connectivity index (χ0v) is 10.9. The summed E-state index contributed by atoms with van der Waals surface area (Å²) in [6, 6.07) is 0. The molecule has 0 saturated carbocycles. The summed E-state index contributed by atoms with van der Waals surface area (Å²) in [4.78, 5) is 9.84. The first-order valence-corrected chi connectivity index (χ1v) is 7.25. The first-order valence-electron chi connectivity index (χ1n) is 5.49. The van der Waals surface area contributed by atoms with E-state index in [1.54, 1.807) is 22.7 Å². The first-order chi connectivity index (χ1) is 8.28. The van der Waals surface area contributed by atoms with Crippen molar-refractivity contribution in [2.45, 2.75) is 18.4 Å². The summed E-state index contributed by atoms with van der Waals surface area (Å²) in [6.45, 7) is 1.45. The highest BCUT2D eigenvalue weighted by molar-refractivity contribution is 7.19. The molecular formula is C11H13N3OS2. The molecule has 3 rings (SSSR count). The van der Waals surface area contributed by atoms with Crippen LogP contribution in [0, 0.1) is 0 Å². The summed E-state index contributed by atoms with van der Waals surface area (Å²) in [5.41, 5.74) is 8.91. The number of aromatic nitrogens is 2. The molecule has 0 bridgehead atoms. The van der Waals surface area contributed by atoms with Gasteiger partial charge in [-0.15, -0.1) is 22.7 Å². The van der Waals surface area contributed by atoms with Gasteiger partial charge in [0, 0.05) is 24.8 Å². The van der Waals surface area contributed by atoms with E-state index in [0.717, 1.165) is 41.6 Å². The Morgan fingerprint density at radius 1 is 1.29 bits per heavy atom. The van der Waals surface area contributed by atoms with Gasteiger partial charge in [0.05, 0.1) is 21.6 Å². The third-order valence-corrected chi connectivity index (χ3v) is 4.83. The Bertz CT molecular complexity index is 489. The highest BCUT2D eigenvalue weighted by Gasteiger charge is 2.32. The summed E-state index contributed by atoms with van der Waals surface area (Å²) < 4.78 is 5.35. The minimum absolute atomic E-state index is 0.308.